The van der Waals surface area contributed by atoms with Crippen molar-refractivity contribution in [1.29, 1.82) is 0 Å². The molecule has 6 nitrogen and oxygen atoms in total. The summed E-state index contributed by atoms with van der Waals surface area (Å²) in [5.74, 6) is -0.145. The van der Waals surface area contributed by atoms with Crippen molar-refractivity contribution in [1.82, 2.24) is 19.2 Å². The third-order valence-electron chi connectivity index (χ3n) is 8.72. The Labute approximate surface area is 247 Å². The Balaban J connectivity index is 1.27. The number of hydrogen-bond donors (Lipinski definition) is 0. The summed E-state index contributed by atoms with van der Waals surface area (Å²) in [6.45, 7) is 3.10. The van der Waals surface area contributed by atoms with Crippen LogP contribution in [0.1, 0.15) is 36.9 Å². The second-order valence-electron chi connectivity index (χ2n) is 11.5. The zero-order valence-electron chi connectivity index (χ0n) is 24.0. The molecule has 0 spiro atoms. The number of hydrogen-bond acceptors (Lipinski definition) is 4. The number of fused-ring (bicyclic) bond motifs is 1. The maximum atomic E-state index is 13.8. The second kappa shape index (κ2) is 12.1. The number of alkyl halides is 3. The highest BCUT2D eigenvalue weighted by Crippen LogP contribution is 2.34. The molecule has 0 N–H and O–H groups in total. The van der Waals surface area contributed by atoms with Gasteiger partial charge in [0.05, 0.1) is 23.1 Å². The Morgan fingerprint density at radius 2 is 1.70 bits per heavy atom. The van der Waals surface area contributed by atoms with Crippen LogP contribution in [0.5, 0.6) is 0 Å². The third-order valence-corrected chi connectivity index (χ3v) is 8.72. The Kier molecular flexibility index (Phi) is 8.24. The van der Waals surface area contributed by atoms with Crippen LogP contribution in [0.3, 0.4) is 0 Å². The van der Waals surface area contributed by atoms with Crippen LogP contribution < -0.4 is 0 Å². The van der Waals surface area contributed by atoms with E-state index in [9.17, 15) is 22.4 Å². The van der Waals surface area contributed by atoms with Gasteiger partial charge in [-0.3, -0.25) is 9.69 Å². The first kappa shape index (κ1) is 29.3. The van der Waals surface area contributed by atoms with Gasteiger partial charge in [-0.2, -0.15) is 13.2 Å². The lowest BCUT2D eigenvalue weighted by Crippen LogP contribution is -2.50. The number of methoxy groups -OCH3 is 1. The Bertz CT molecular complexity index is 1590. The van der Waals surface area contributed by atoms with Crippen LogP contribution in [0.4, 0.5) is 17.6 Å². The summed E-state index contributed by atoms with van der Waals surface area (Å²) in [5.41, 5.74) is 3.30. The summed E-state index contributed by atoms with van der Waals surface area (Å²) >= 11 is 0. The van der Waals surface area contributed by atoms with Crippen LogP contribution in [0.25, 0.3) is 28.0 Å². The SMILES string of the molecule is CO[C@@H]1CCC[C@@H](C(=O)N2CCN(Cc3c(-c4ccc(F)cc4)nc4ccc(-c5cccc(C(F)(F)F)c5)cn34)CC2)C1. The van der Waals surface area contributed by atoms with Gasteiger partial charge >= 0.3 is 6.18 Å². The number of rotatable bonds is 6. The van der Waals surface area contributed by atoms with E-state index >= 15 is 0 Å². The fourth-order valence-electron chi connectivity index (χ4n) is 6.31. The molecule has 1 amide bonds. The molecule has 1 saturated carbocycles. The fraction of sp³-hybridized carbons (Fsp3) is 0.394. The Morgan fingerprint density at radius 1 is 0.953 bits per heavy atom. The second-order valence-corrected chi connectivity index (χ2v) is 11.5. The van der Waals surface area contributed by atoms with Gasteiger partial charge in [0.25, 0.3) is 0 Å². The predicted molar refractivity (Wildman–Crippen MR) is 156 cm³/mol. The number of piperazine rings is 1. The molecule has 6 rings (SSSR count). The van der Waals surface area contributed by atoms with Crippen molar-refractivity contribution in [3.63, 3.8) is 0 Å². The first-order chi connectivity index (χ1) is 20.7. The van der Waals surface area contributed by atoms with E-state index in [0.717, 1.165) is 49.1 Å². The summed E-state index contributed by atoms with van der Waals surface area (Å²) in [6.07, 6.45) is 1.18. The van der Waals surface area contributed by atoms with Crippen LogP contribution in [-0.4, -0.2) is 64.5 Å². The van der Waals surface area contributed by atoms with E-state index in [0.29, 0.717) is 55.2 Å². The molecule has 3 heterocycles. The van der Waals surface area contributed by atoms with E-state index in [-0.39, 0.29) is 23.7 Å². The average molecular weight is 595 g/mol. The zero-order valence-corrected chi connectivity index (χ0v) is 24.0. The van der Waals surface area contributed by atoms with Gasteiger partial charge in [0.15, 0.2) is 0 Å². The highest BCUT2D eigenvalue weighted by atomic mass is 19.4. The minimum absolute atomic E-state index is 0.00312. The first-order valence-electron chi connectivity index (χ1n) is 14.7. The molecule has 10 heteroatoms. The lowest BCUT2D eigenvalue weighted by atomic mass is 9.86. The molecule has 2 aliphatic rings. The van der Waals surface area contributed by atoms with Crippen molar-refractivity contribution in [2.75, 3.05) is 33.3 Å². The highest BCUT2D eigenvalue weighted by molar-refractivity contribution is 5.79. The summed E-state index contributed by atoms with van der Waals surface area (Å²) in [4.78, 5) is 22.3. The molecule has 1 saturated heterocycles. The van der Waals surface area contributed by atoms with Crippen LogP contribution in [0, 0.1) is 11.7 Å². The van der Waals surface area contributed by atoms with Crippen molar-refractivity contribution in [2.45, 2.75) is 44.5 Å². The number of imidazole rings is 1. The van der Waals surface area contributed by atoms with E-state index < -0.39 is 11.7 Å². The minimum Gasteiger partial charge on any atom is -0.381 e. The number of carbonyl (C=O) groups is 1. The molecule has 2 fully saturated rings. The third kappa shape index (κ3) is 6.31. The first-order valence-corrected chi connectivity index (χ1v) is 14.7. The van der Waals surface area contributed by atoms with Crippen LogP contribution in [0.15, 0.2) is 66.9 Å². The van der Waals surface area contributed by atoms with Crippen molar-refractivity contribution < 1.29 is 27.1 Å². The summed E-state index contributed by atoms with van der Waals surface area (Å²) in [7, 11) is 1.71. The van der Waals surface area contributed by atoms with Crippen LogP contribution >= 0.6 is 0 Å². The molecule has 1 aliphatic heterocycles. The molecule has 0 bridgehead atoms. The molecular formula is C33H34F4N4O2. The molecule has 4 aromatic rings. The number of amides is 1. The zero-order chi connectivity index (χ0) is 30.1. The molecule has 226 valence electrons. The van der Waals surface area contributed by atoms with Gasteiger partial charge in [-0.25, -0.2) is 9.37 Å². The molecular weight excluding hydrogens is 560 g/mol. The topological polar surface area (TPSA) is 50.1 Å². The smallest absolute Gasteiger partial charge is 0.381 e. The molecule has 0 unspecified atom stereocenters. The van der Waals surface area contributed by atoms with E-state index in [1.54, 1.807) is 37.4 Å². The number of carbonyl (C=O) groups excluding carboxylic acids is 1. The van der Waals surface area contributed by atoms with Crippen LogP contribution in [-0.2, 0) is 22.3 Å². The normalized spacial score (nSPS) is 20.1. The van der Waals surface area contributed by atoms with Gasteiger partial charge in [0.1, 0.15) is 11.5 Å². The van der Waals surface area contributed by atoms with Gasteiger partial charge in [0.2, 0.25) is 5.91 Å². The molecule has 2 aromatic carbocycles. The monoisotopic (exact) mass is 594 g/mol. The molecule has 1 aliphatic carbocycles. The summed E-state index contributed by atoms with van der Waals surface area (Å²) in [6, 6.07) is 15.0. The van der Waals surface area contributed by atoms with E-state index in [2.05, 4.69) is 4.90 Å². The number of aromatic nitrogens is 2. The number of halogens is 4. The highest BCUT2D eigenvalue weighted by Gasteiger charge is 2.33. The quantitative estimate of drug-likeness (QED) is 0.234. The molecule has 2 atom stereocenters. The van der Waals surface area contributed by atoms with Gasteiger partial charge in [-0.05, 0) is 78.9 Å². The van der Waals surface area contributed by atoms with Crippen LogP contribution in [0.2, 0.25) is 0 Å². The maximum Gasteiger partial charge on any atom is 0.416 e. The number of benzene rings is 2. The van der Waals surface area contributed by atoms with Gasteiger partial charge in [-0.1, -0.05) is 18.6 Å². The predicted octanol–water partition coefficient (Wildman–Crippen LogP) is 6.68. The number of pyridine rings is 1. The van der Waals surface area contributed by atoms with Gasteiger partial charge in [-0.15, -0.1) is 0 Å². The maximum absolute atomic E-state index is 13.8. The van der Waals surface area contributed by atoms with Crippen molar-refractivity contribution in [2.24, 2.45) is 5.92 Å². The minimum atomic E-state index is -4.44. The Morgan fingerprint density at radius 3 is 2.42 bits per heavy atom. The van der Waals surface area contributed by atoms with E-state index in [1.165, 1.54) is 18.2 Å². The van der Waals surface area contributed by atoms with Gasteiger partial charge < -0.3 is 14.0 Å². The largest absolute Gasteiger partial charge is 0.416 e. The fourth-order valence-corrected chi connectivity index (χ4v) is 6.31. The lowest BCUT2D eigenvalue weighted by Gasteiger charge is -2.38. The summed E-state index contributed by atoms with van der Waals surface area (Å²) in [5, 5.41) is 0. The standard InChI is InChI=1S/C33H34F4N4O2/c1-43-28-7-3-5-24(19-28)32(42)40-16-14-39(15-17-40)21-29-31(22-8-11-27(34)12-9-22)38-30-13-10-25(20-41(29)30)23-4-2-6-26(18-23)33(35,36)37/h2,4,6,8-13,18,20,24,28H,3,5,7,14-17,19,21H2,1H3/t24-,28-/m1/s1. The lowest BCUT2D eigenvalue weighted by molar-refractivity contribution is -0.140. The number of ether oxygens (including phenoxy) is 1. The van der Waals surface area contributed by atoms with E-state index in [4.69, 9.17) is 9.72 Å². The van der Waals surface area contributed by atoms with Crippen molar-refractivity contribution >= 4 is 11.6 Å². The Hall–Kier alpha value is -3.76. The van der Waals surface area contributed by atoms with Gasteiger partial charge in [0, 0.05) is 57.5 Å². The molecule has 2 aromatic heterocycles. The molecule has 0 radical (unpaired) electrons. The average Bonchev–Trinajstić information content (AvgIpc) is 3.38. The van der Waals surface area contributed by atoms with E-state index in [1.807, 2.05) is 15.5 Å². The van der Waals surface area contributed by atoms with Crippen molar-refractivity contribution in [3.05, 3.63) is 83.9 Å². The van der Waals surface area contributed by atoms with Crippen molar-refractivity contribution in [3.8, 4) is 22.4 Å². The number of nitrogens with zero attached hydrogens (tertiary/aromatic N) is 4. The summed E-state index contributed by atoms with van der Waals surface area (Å²) < 4.78 is 61.5. The molecule has 43 heavy (non-hydrogen) atoms.